The summed E-state index contributed by atoms with van der Waals surface area (Å²) in [5.74, 6) is 0. The lowest BCUT2D eigenvalue weighted by Crippen LogP contribution is -2.43. The monoisotopic (exact) mass is 214 g/mol. The van der Waals surface area contributed by atoms with E-state index >= 15 is 0 Å². The van der Waals surface area contributed by atoms with Gasteiger partial charge in [0.25, 0.3) is 0 Å². The summed E-state index contributed by atoms with van der Waals surface area (Å²) in [6.07, 6.45) is 4.34. The third kappa shape index (κ3) is 3.70. The van der Waals surface area contributed by atoms with Crippen LogP contribution >= 0.6 is 0 Å². The van der Waals surface area contributed by atoms with Crippen LogP contribution in [-0.2, 0) is 4.74 Å². The van der Waals surface area contributed by atoms with Crippen LogP contribution in [0.5, 0.6) is 0 Å². The third-order valence-corrected chi connectivity index (χ3v) is 2.71. The number of rotatable bonds is 4. The average Bonchev–Trinajstić information content (AvgIpc) is 2.65. The second-order valence-electron chi connectivity index (χ2n) is 4.35. The maximum Gasteiger partial charge on any atom is 0.410 e. The van der Waals surface area contributed by atoms with E-state index in [4.69, 9.17) is 10.5 Å². The maximum atomic E-state index is 11.8. The molecule has 15 heavy (non-hydrogen) atoms. The number of nitrogens with zero attached hydrogens (tertiary/aromatic N) is 1. The molecular weight excluding hydrogens is 192 g/mol. The van der Waals surface area contributed by atoms with Crippen molar-refractivity contribution < 1.29 is 9.53 Å². The molecule has 1 fully saturated rings. The fourth-order valence-electron chi connectivity index (χ4n) is 2.05. The molecule has 1 aliphatic carbocycles. The highest BCUT2D eigenvalue weighted by molar-refractivity contribution is 5.68. The molecule has 0 atom stereocenters. The lowest BCUT2D eigenvalue weighted by Gasteiger charge is -2.28. The maximum absolute atomic E-state index is 11.8. The zero-order chi connectivity index (χ0) is 11.3. The van der Waals surface area contributed by atoms with Gasteiger partial charge in [-0.15, -0.1) is 0 Å². The zero-order valence-electron chi connectivity index (χ0n) is 9.74. The molecule has 88 valence electrons. The lowest BCUT2D eigenvalue weighted by molar-refractivity contribution is 0.0649. The van der Waals surface area contributed by atoms with Crippen LogP contribution in [0.1, 0.15) is 39.5 Å². The van der Waals surface area contributed by atoms with Crippen molar-refractivity contribution in [2.75, 3.05) is 13.1 Å². The molecule has 4 heteroatoms. The van der Waals surface area contributed by atoms with Crippen LogP contribution in [0, 0.1) is 0 Å². The predicted octanol–water partition coefficient (Wildman–Crippen LogP) is 1.73. The van der Waals surface area contributed by atoms with Crippen molar-refractivity contribution in [3.8, 4) is 0 Å². The number of carbonyl (C=O) groups excluding carboxylic acids is 1. The lowest BCUT2D eigenvalue weighted by atomic mass is 10.2. The van der Waals surface area contributed by atoms with Gasteiger partial charge in [-0.05, 0) is 26.7 Å². The molecule has 1 amide bonds. The van der Waals surface area contributed by atoms with E-state index in [1.165, 1.54) is 12.8 Å². The van der Waals surface area contributed by atoms with Gasteiger partial charge in [-0.25, -0.2) is 4.79 Å². The fourth-order valence-corrected chi connectivity index (χ4v) is 2.05. The summed E-state index contributed by atoms with van der Waals surface area (Å²) in [4.78, 5) is 13.6. The Hall–Kier alpha value is -0.770. The number of ether oxygens (including phenoxy) is 1. The van der Waals surface area contributed by atoms with Crippen molar-refractivity contribution >= 4 is 6.09 Å². The number of carbonyl (C=O) groups is 1. The molecule has 0 spiro atoms. The minimum absolute atomic E-state index is 0.0563. The van der Waals surface area contributed by atoms with Crippen molar-refractivity contribution in [1.29, 1.82) is 0 Å². The first-order chi connectivity index (χ1) is 7.15. The molecule has 0 unspecified atom stereocenters. The standard InChI is InChI=1S/C11H22N2O2/c1-9(2)15-11(14)13(8-7-12)10-5-3-4-6-10/h9-10H,3-8,12H2,1-2H3. The topological polar surface area (TPSA) is 55.6 Å². The number of amides is 1. The molecule has 0 aromatic rings. The number of hydrogen-bond donors (Lipinski definition) is 1. The fraction of sp³-hybridized carbons (Fsp3) is 0.909. The molecule has 0 aliphatic heterocycles. The minimum Gasteiger partial charge on any atom is -0.447 e. The molecule has 0 saturated heterocycles. The normalized spacial score (nSPS) is 17.1. The highest BCUT2D eigenvalue weighted by atomic mass is 16.6. The predicted molar refractivity (Wildman–Crippen MR) is 59.6 cm³/mol. The summed E-state index contributed by atoms with van der Waals surface area (Å²) in [7, 11) is 0. The Morgan fingerprint density at radius 1 is 1.47 bits per heavy atom. The van der Waals surface area contributed by atoms with Gasteiger partial charge < -0.3 is 15.4 Å². The Balaban J connectivity index is 2.51. The molecule has 0 aromatic carbocycles. The van der Waals surface area contributed by atoms with Crippen LogP contribution < -0.4 is 5.73 Å². The van der Waals surface area contributed by atoms with Crippen molar-refractivity contribution in [2.45, 2.75) is 51.7 Å². The molecule has 0 heterocycles. The van der Waals surface area contributed by atoms with Crippen molar-refractivity contribution in [2.24, 2.45) is 5.73 Å². The van der Waals surface area contributed by atoms with Crippen molar-refractivity contribution in [3.63, 3.8) is 0 Å². The Labute approximate surface area is 91.8 Å². The van der Waals surface area contributed by atoms with E-state index < -0.39 is 0 Å². The molecule has 1 aliphatic rings. The summed E-state index contributed by atoms with van der Waals surface area (Å²) in [5.41, 5.74) is 5.52. The van der Waals surface area contributed by atoms with Gasteiger partial charge in [0.15, 0.2) is 0 Å². The first-order valence-electron chi connectivity index (χ1n) is 5.82. The van der Waals surface area contributed by atoms with E-state index in [-0.39, 0.29) is 12.2 Å². The third-order valence-electron chi connectivity index (χ3n) is 2.71. The van der Waals surface area contributed by atoms with Gasteiger partial charge in [-0.2, -0.15) is 0 Å². The second-order valence-corrected chi connectivity index (χ2v) is 4.35. The first-order valence-corrected chi connectivity index (χ1v) is 5.82. The SMILES string of the molecule is CC(C)OC(=O)N(CCN)C1CCCC1. The van der Waals surface area contributed by atoms with E-state index in [0.29, 0.717) is 19.1 Å². The van der Waals surface area contributed by atoms with Gasteiger partial charge in [0, 0.05) is 19.1 Å². The Kier molecular flexibility index (Phi) is 4.88. The smallest absolute Gasteiger partial charge is 0.410 e. The first kappa shape index (κ1) is 12.3. The summed E-state index contributed by atoms with van der Waals surface area (Å²) < 4.78 is 5.21. The average molecular weight is 214 g/mol. The second kappa shape index (κ2) is 5.95. The number of nitrogens with two attached hydrogens (primary N) is 1. The van der Waals surface area contributed by atoms with Crippen LogP contribution in [0.4, 0.5) is 4.79 Å². The van der Waals surface area contributed by atoms with Gasteiger partial charge in [0.1, 0.15) is 0 Å². The highest BCUT2D eigenvalue weighted by Crippen LogP contribution is 2.23. The molecule has 2 N–H and O–H groups in total. The minimum atomic E-state index is -0.206. The summed E-state index contributed by atoms with van der Waals surface area (Å²) in [6.45, 7) is 4.85. The highest BCUT2D eigenvalue weighted by Gasteiger charge is 2.27. The van der Waals surface area contributed by atoms with E-state index in [9.17, 15) is 4.79 Å². The Morgan fingerprint density at radius 3 is 2.53 bits per heavy atom. The summed E-state index contributed by atoms with van der Waals surface area (Å²) in [6, 6.07) is 0.347. The van der Waals surface area contributed by atoms with Gasteiger partial charge >= 0.3 is 6.09 Å². The largest absolute Gasteiger partial charge is 0.447 e. The van der Waals surface area contributed by atoms with Crippen LogP contribution in [0.25, 0.3) is 0 Å². The van der Waals surface area contributed by atoms with E-state index in [0.717, 1.165) is 12.8 Å². The Bertz CT molecular complexity index is 201. The molecule has 4 nitrogen and oxygen atoms in total. The molecule has 0 radical (unpaired) electrons. The molecule has 1 saturated carbocycles. The van der Waals surface area contributed by atoms with Crippen LogP contribution in [-0.4, -0.2) is 36.2 Å². The van der Waals surface area contributed by atoms with Crippen LogP contribution in [0.2, 0.25) is 0 Å². The van der Waals surface area contributed by atoms with Crippen molar-refractivity contribution in [1.82, 2.24) is 4.90 Å². The van der Waals surface area contributed by atoms with E-state index in [1.807, 2.05) is 13.8 Å². The van der Waals surface area contributed by atoms with Crippen LogP contribution in [0.15, 0.2) is 0 Å². The summed E-state index contributed by atoms with van der Waals surface area (Å²) in [5, 5.41) is 0. The molecule has 1 rings (SSSR count). The number of hydrogen-bond acceptors (Lipinski definition) is 3. The van der Waals surface area contributed by atoms with Gasteiger partial charge in [0.05, 0.1) is 6.10 Å². The van der Waals surface area contributed by atoms with Crippen LogP contribution in [0.3, 0.4) is 0 Å². The molecule has 0 bridgehead atoms. The summed E-state index contributed by atoms with van der Waals surface area (Å²) >= 11 is 0. The van der Waals surface area contributed by atoms with E-state index in [1.54, 1.807) is 4.90 Å². The van der Waals surface area contributed by atoms with Crippen molar-refractivity contribution in [3.05, 3.63) is 0 Å². The van der Waals surface area contributed by atoms with Gasteiger partial charge in [-0.3, -0.25) is 0 Å². The van der Waals surface area contributed by atoms with Gasteiger partial charge in [0.2, 0.25) is 0 Å². The Morgan fingerprint density at radius 2 is 2.07 bits per heavy atom. The molecule has 0 aromatic heterocycles. The van der Waals surface area contributed by atoms with E-state index in [2.05, 4.69) is 0 Å². The van der Waals surface area contributed by atoms with Gasteiger partial charge in [-0.1, -0.05) is 12.8 Å². The zero-order valence-corrected chi connectivity index (χ0v) is 9.74. The quantitative estimate of drug-likeness (QED) is 0.775. The molecular formula is C11H22N2O2.